The Morgan fingerprint density at radius 3 is 2.52 bits per heavy atom. The zero-order chi connectivity index (χ0) is 18.2. The number of aromatic nitrogens is 4. The second-order valence-corrected chi connectivity index (χ2v) is 6.23. The number of fused-ring (bicyclic) bond motifs is 2. The second-order valence-electron chi connectivity index (χ2n) is 6.23. The number of anilines is 2. The molecule has 0 unspecified atom stereocenters. The minimum absolute atomic E-state index is 0.201. The minimum Gasteiger partial charge on any atom is -0.338 e. The first-order valence-corrected chi connectivity index (χ1v) is 8.56. The summed E-state index contributed by atoms with van der Waals surface area (Å²) in [6.45, 7) is 0. The van der Waals surface area contributed by atoms with Gasteiger partial charge < -0.3 is 5.32 Å². The molecule has 0 fully saturated rings. The highest BCUT2D eigenvalue weighted by Gasteiger charge is 2.09. The predicted molar refractivity (Wildman–Crippen MR) is 107 cm³/mol. The van der Waals surface area contributed by atoms with Crippen molar-refractivity contribution in [2.45, 2.75) is 0 Å². The number of rotatable bonds is 3. The van der Waals surface area contributed by atoms with Gasteiger partial charge in [-0.15, -0.1) is 0 Å². The molecule has 0 aliphatic rings. The number of hydrogen-bond donors (Lipinski definition) is 2. The summed E-state index contributed by atoms with van der Waals surface area (Å²) in [6, 6.07) is 23.4. The van der Waals surface area contributed by atoms with Gasteiger partial charge in [-0.1, -0.05) is 36.4 Å². The molecule has 0 amide bonds. The third-order valence-electron chi connectivity index (χ3n) is 4.54. The summed E-state index contributed by atoms with van der Waals surface area (Å²) in [5.74, 6) is 0.604. The zero-order valence-corrected chi connectivity index (χ0v) is 14.3. The minimum atomic E-state index is -0.201. The molecule has 5 rings (SSSR count). The first-order chi connectivity index (χ1) is 13.3. The number of nitrogens with one attached hydrogen (secondary N) is 2. The molecule has 0 spiro atoms. The third kappa shape index (κ3) is 2.64. The summed E-state index contributed by atoms with van der Waals surface area (Å²) in [5.41, 5.74) is 3.61. The monoisotopic (exact) mass is 353 g/mol. The van der Waals surface area contributed by atoms with E-state index in [4.69, 9.17) is 0 Å². The number of aromatic amines is 1. The molecule has 5 aromatic rings. The fourth-order valence-electron chi connectivity index (χ4n) is 3.23. The van der Waals surface area contributed by atoms with Crippen molar-refractivity contribution >= 4 is 33.3 Å². The van der Waals surface area contributed by atoms with E-state index in [0.29, 0.717) is 11.2 Å². The maximum atomic E-state index is 11.9. The van der Waals surface area contributed by atoms with Gasteiger partial charge in [-0.3, -0.25) is 9.36 Å². The van der Waals surface area contributed by atoms with E-state index in [2.05, 4.69) is 20.5 Å². The van der Waals surface area contributed by atoms with E-state index in [1.807, 2.05) is 77.6 Å². The van der Waals surface area contributed by atoms with Crippen LogP contribution in [0.15, 0.2) is 83.9 Å². The highest BCUT2D eigenvalue weighted by atomic mass is 16.1. The standard InChI is InChI=1S/C21H15N5O/c27-21-17-9-5-4-8-16(17)20(24-25-21)23-14-10-11-19-18(12-14)22-13-26(19)15-6-2-1-3-7-15/h1-13H,(H,23,24)(H,25,27). The van der Waals surface area contributed by atoms with Gasteiger partial charge >= 0.3 is 0 Å². The van der Waals surface area contributed by atoms with E-state index < -0.39 is 0 Å². The Balaban J connectivity index is 1.56. The molecule has 0 aliphatic carbocycles. The molecule has 0 atom stereocenters. The summed E-state index contributed by atoms with van der Waals surface area (Å²) in [7, 11) is 0. The summed E-state index contributed by atoms with van der Waals surface area (Å²) >= 11 is 0. The molecule has 6 heteroatoms. The highest BCUT2D eigenvalue weighted by molar-refractivity contribution is 5.93. The number of para-hydroxylation sites is 1. The lowest BCUT2D eigenvalue weighted by Crippen LogP contribution is -2.10. The Morgan fingerprint density at radius 2 is 1.67 bits per heavy atom. The van der Waals surface area contributed by atoms with Crippen LogP contribution in [-0.4, -0.2) is 19.7 Å². The molecule has 0 radical (unpaired) electrons. The van der Waals surface area contributed by atoms with Gasteiger partial charge in [-0.2, -0.15) is 5.10 Å². The van der Waals surface area contributed by atoms with Crippen molar-refractivity contribution in [2.75, 3.05) is 5.32 Å². The van der Waals surface area contributed by atoms with Crippen LogP contribution in [0.2, 0.25) is 0 Å². The fraction of sp³-hybridized carbons (Fsp3) is 0. The topological polar surface area (TPSA) is 75.6 Å². The summed E-state index contributed by atoms with van der Waals surface area (Å²) in [6.07, 6.45) is 1.82. The van der Waals surface area contributed by atoms with E-state index >= 15 is 0 Å². The molecule has 2 aromatic heterocycles. The average Bonchev–Trinajstić information content (AvgIpc) is 3.14. The number of H-pyrrole nitrogens is 1. The van der Waals surface area contributed by atoms with Gasteiger partial charge in [0.15, 0.2) is 5.82 Å². The molecular formula is C21H15N5O. The SMILES string of the molecule is O=c1[nH]nc(Nc2ccc3c(c2)ncn3-c2ccccc2)c2ccccc12. The molecule has 6 nitrogen and oxygen atoms in total. The van der Waals surface area contributed by atoms with Gasteiger partial charge in [0.1, 0.15) is 6.33 Å². The van der Waals surface area contributed by atoms with Gasteiger partial charge in [0.25, 0.3) is 5.56 Å². The van der Waals surface area contributed by atoms with E-state index in [-0.39, 0.29) is 5.56 Å². The van der Waals surface area contributed by atoms with Crippen LogP contribution in [0.5, 0.6) is 0 Å². The fourth-order valence-corrected chi connectivity index (χ4v) is 3.23. The van der Waals surface area contributed by atoms with Gasteiger partial charge in [0, 0.05) is 16.8 Å². The van der Waals surface area contributed by atoms with Gasteiger partial charge in [-0.25, -0.2) is 10.1 Å². The molecule has 0 aliphatic heterocycles. The van der Waals surface area contributed by atoms with E-state index in [9.17, 15) is 4.79 Å². The highest BCUT2D eigenvalue weighted by Crippen LogP contribution is 2.25. The Kier molecular flexibility index (Phi) is 3.47. The van der Waals surface area contributed by atoms with Crippen LogP contribution in [0.3, 0.4) is 0 Å². The largest absolute Gasteiger partial charge is 0.338 e. The van der Waals surface area contributed by atoms with Crippen molar-refractivity contribution in [3.8, 4) is 5.69 Å². The van der Waals surface area contributed by atoms with Crippen molar-refractivity contribution in [1.82, 2.24) is 19.7 Å². The molecule has 0 bridgehead atoms. The zero-order valence-electron chi connectivity index (χ0n) is 14.3. The Morgan fingerprint density at radius 1 is 0.889 bits per heavy atom. The normalized spacial score (nSPS) is 11.1. The molecule has 27 heavy (non-hydrogen) atoms. The molecule has 3 aromatic carbocycles. The maximum absolute atomic E-state index is 11.9. The van der Waals surface area contributed by atoms with Gasteiger partial charge in [0.05, 0.1) is 16.4 Å². The maximum Gasteiger partial charge on any atom is 0.272 e. The van der Waals surface area contributed by atoms with Crippen LogP contribution in [0, 0.1) is 0 Å². The van der Waals surface area contributed by atoms with Gasteiger partial charge in [0.2, 0.25) is 0 Å². The van der Waals surface area contributed by atoms with Gasteiger partial charge in [-0.05, 0) is 36.4 Å². The van der Waals surface area contributed by atoms with Crippen LogP contribution in [0.25, 0.3) is 27.5 Å². The Bertz CT molecular complexity index is 1320. The lowest BCUT2D eigenvalue weighted by molar-refractivity contribution is 1.02. The molecule has 0 saturated heterocycles. The summed E-state index contributed by atoms with van der Waals surface area (Å²) in [4.78, 5) is 16.5. The predicted octanol–water partition coefficient (Wildman–Crippen LogP) is 4.01. The first kappa shape index (κ1) is 15.3. The first-order valence-electron chi connectivity index (χ1n) is 8.56. The number of hydrogen-bond acceptors (Lipinski definition) is 4. The van der Waals surface area contributed by atoms with Crippen LogP contribution in [0.4, 0.5) is 11.5 Å². The average molecular weight is 353 g/mol. The van der Waals surface area contributed by atoms with Crippen molar-refractivity contribution in [3.05, 3.63) is 89.5 Å². The Labute approximate surface area is 154 Å². The quantitative estimate of drug-likeness (QED) is 0.514. The van der Waals surface area contributed by atoms with E-state index in [0.717, 1.165) is 27.8 Å². The summed E-state index contributed by atoms with van der Waals surface area (Å²) < 4.78 is 2.05. The molecule has 2 heterocycles. The van der Waals surface area contributed by atoms with E-state index in [1.54, 1.807) is 6.07 Å². The van der Waals surface area contributed by atoms with Crippen LogP contribution >= 0.6 is 0 Å². The van der Waals surface area contributed by atoms with Crippen molar-refractivity contribution in [2.24, 2.45) is 0 Å². The number of imidazole rings is 1. The van der Waals surface area contributed by atoms with Crippen molar-refractivity contribution < 1.29 is 0 Å². The lowest BCUT2D eigenvalue weighted by atomic mass is 10.2. The lowest BCUT2D eigenvalue weighted by Gasteiger charge is -2.09. The van der Waals surface area contributed by atoms with Crippen LogP contribution in [-0.2, 0) is 0 Å². The van der Waals surface area contributed by atoms with E-state index in [1.165, 1.54) is 0 Å². The molecular weight excluding hydrogens is 338 g/mol. The number of nitrogens with zero attached hydrogens (tertiary/aromatic N) is 3. The van der Waals surface area contributed by atoms with Crippen molar-refractivity contribution in [3.63, 3.8) is 0 Å². The van der Waals surface area contributed by atoms with Crippen LogP contribution < -0.4 is 10.9 Å². The Hall–Kier alpha value is -3.93. The number of benzene rings is 3. The second kappa shape index (κ2) is 6.10. The van der Waals surface area contributed by atoms with Crippen molar-refractivity contribution in [1.29, 1.82) is 0 Å². The third-order valence-corrected chi connectivity index (χ3v) is 4.54. The molecule has 130 valence electrons. The van der Waals surface area contributed by atoms with Crippen LogP contribution in [0.1, 0.15) is 0 Å². The smallest absolute Gasteiger partial charge is 0.272 e. The molecule has 2 N–H and O–H groups in total. The summed E-state index contributed by atoms with van der Waals surface area (Å²) in [5, 5.41) is 11.4. The molecule has 0 saturated carbocycles.